The number of ether oxygens (including phenoxy) is 4. The van der Waals surface area contributed by atoms with Gasteiger partial charge in [0.25, 0.3) is 0 Å². The number of para-hydroxylation sites is 2. The number of hydrogen-bond donors (Lipinski definition) is 0. The molecule has 2 rings (SSSR count). The van der Waals surface area contributed by atoms with Gasteiger partial charge in [-0.1, -0.05) is 12.1 Å². The Kier molecular flexibility index (Phi) is 3.59. The van der Waals surface area contributed by atoms with E-state index in [0.29, 0.717) is 11.5 Å². The summed E-state index contributed by atoms with van der Waals surface area (Å²) in [5.74, 6) is -3.46. The first-order valence-electron chi connectivity index (χ1n) is 5.95. The highest BCUT2D eigenvalue weighted by Gasteiger charge is 2.59. The Bertz CT molecular complexity index is 451. The predicted molar refractivity (Wildman–Crippen MR) is 63.7 cm³/mol. The van der Waals surface area contributed by atoms with Gasteiger partial charge in [-0.05, 0) is 26.0 Å². The summed E-state index contributed by atoms with van der Waals surface area (Å²) < 4.78 is 20.4. The summed E-state index contributed by atoms with van der Waals surface area (Å²) in [6, 6.07) is 6.59. The van der Waals surface area contributed by atoms with Gasteiger partial charge < -0.3 is 18.9 Å². The Morgan fingerprint density at radius 3 is 1.79 bits per heavy atom. The first-order chi connectivity index (χ1) is 9.14. The molecule has 1 aliphatic rings. The van der Waals surface area contributed by atoms with E-state index in [1.54, 1.807) is 38.1 Å². The highest BCUT2D eigenvalue weighted by atomic mass is 16.8. The van der Waals surface area contributed by atoms with Gasteiger partial charge in [-0.2, -0.15) is 0 Å². The number of esters is 2. The lowest BCUT2D eigenvalue weighted by molar-refractivity contribution is -0.202. The number of hydrogen-bond acceptors (Lipinski definition) is 6. The van der Waals surface area contributed by atoms with Crippen LogP contribution in [0.25, 0.3) is 0 Å². The van der Waals surface area contributed by atoms with Crippen LogP contribution < -0.4 is 9.47 Å². The zero-order valence-corrected chi connectivity index (χ0v) is 10.7. The van der Waals surface area contributed by atoms with Crippen LogP contribution >= 0.6 is 0 Å². The molecule has 0 fully saturated rings. The zero-order valence-electron chi connectivity index (χ0n) is 10.7. The lowest BCUT2D eigenvalue weighted by Gasteiger charge is -2.22. The van der Waals surface area contributed by atoms with Crippen molar-refractivity contribution in [2.24, 2.45) is 0 Å². The maximum Gasteiger partial charge on any atom is 0.453 e. The first-order valence-corrected chi connectivity index (χ1v) is 5.95. The van der Waals surface area contributed by atoms with Crippen molar-refractivity contribution in [3.63, 3.8) is 0 Å². The maximum absolute atomic E-state index is 12.0. The van der Waals surface area contributed by atoms with Gasteiger partial charge in [-0.3, -0.25) is 0 Å². The van der Waals surface area contributed by atoms with E-state index >= 15 is 0 Å². The Labute approximate surface area is 110 Å². The molecule has 0 amide bonds. The van der Waals surface area contributed by atoms with Gasteiger partial charge in [-0.15, -0.1) is 0 Å². The molecule has 6 nitrogen and oxygen atoms in total. The van der Waals surface area contributed by atoms with Crippen molar-refractivity contribution in [3.05, 3.63) is 24.3 Å². The van der Waals surface area contributed by atoms with Crippen LogP contribution in [0.3, 0.4) is 0 Å². The molecule has 0 saturated heterocycles. The van der Waals surface area contributed by atoms with E-state index in [1.807, 2.05) is 0 Å². The molecule has 0 bridgehead atoms. The smallest absolute Gasteiger partial charge is 0.453 e. The highest BCUT2D eigenvalue weighted by molar-refractivity contribution is 6.03. The van der Waals surface area contributed by atoms with Crippen LogP contribution in [-0.4, -0.2) is 30.9 Å². The van der Waals surface area contributed by atoms with Crippen LogP contribution in [0, 0.1) is 0 Å². The van der Waals surface area contributed by atoms with Gasteiger partial charge in [0.05, 0.1) is 13.2 Å². The minimum absolute atomic E-state index is 0.100. The number of carbonyl (C=O) groups is 2. The van der Waals surface area contributed by atoms with E-state index in [0.717, 1.165) is 0 Å². The number of rotatable bonds is 4. The normalized spacial score (nSPS) is 14.8. The summed E-state index contributed by atoms with van der Waals surface area (Å²) >= 11 is 0. The molecule has 1 aromatic carbocycles. The fourth-order valence-electron chi connectivity index (χ4n) is 1.65. The van der Waals surface area contributed by atoms with Crippen LogP contribution in [-0.2, 0) is 19.1 Å². The molecule has 0 atom stereocenters. The summed E-state index contributed by atoms with van der Waals surface area (Å²) in [4.78, 5) is 24.0. The average molecular weight is 266 g/mol. The van der Waals surface area contributed by atoms with Crippen LogP contribution in [0.15, 0.2) is 24.3 Å². The second-order valence-corrected chi connectivity index (χ2v) is 3.71. The van der Waals surface area contributed by atoms with Crippen molar-refractivity contribution in [2.75, 3.05) is 13.2 Å². The lowest BCUT2D eigenvalue weighted by atomic mass is 10.3. The van der Waals surface area contributed by atoms with Crippen molar-refractivity contribution < 1.29 is 28.5 Å². The Morgan fingerprint density at radius 1 is 1.00 bits per heavy atom. The first kappa shape index (κ1) is 13.2. The third-order valence-electron chi connectivity index (χ3n) is 2.44. The third kappa shape index (κ3) is 2.21. The molecule has 0 saturated carbocycles. The topological polar surface area (TPSA) is 71.1 Å². The monoisotopic (exact) mass is 266 g/mol. The second kappa shape index (κ2) is 5.17. The molecule has 0 N–H and O–H groups in total. The average Bonchev–Trinajstić information content (AvgIpc) is 2.80. The van der Waals surface area contributed by atoms with Crippen molar-refractivity contribution in [2.45, 2.75) is 19.6 Å². The number of carbonyl (C=O) groups excluding carboxylic acids is 2. The SMILES string of the molecule is CCOC(=O)C1(C(=O)OCC)Oc2ccccc2O1. The molecule has 19 heavy (non-hydrogen) atoms. The molecule has 1 aliphatic heterocycles. The van der Waals surface area contributed by atoms with Crippen molar-refractivity contribution in [1.29, 1.82) is 0 Å². The molecule has 1 aromatic rings. The van der Waals surface area contributed by atoms with Gasteiger partial charge in [0, 0.05) is 0 Å². The molecule has 0 aliphatic carbocycles. The second-order valence-electron chi connectivity index (χ2n) is 3.71. The minimum Gasteiger partial charge on any atom is -0.460 e. The van der Waals surface area contributed by atoms with E-state index in [1.165, 1.54) is 0 Å². The van der Waals surface area contributed by atoms with Crippen LogP contribution in [0.1, 0.15) is 13.8 Å². The van der Waals surface area contributed by atoms with E-state index in [2.05, 4.69) is 0 Å². The minimum atomic E-state index is -2.20. The Morgan fingerprint density at radius 2 is 1.42 bits per heavy atom. The quantitative estimate of drug-likeness (QED) is 0.604. The van der Waals surface area contributed by atoms with Gasteiger partial charge in [-0.25, -0.2) is 9.59 Å². The maximum atomic E-state index is 12.0. The standard InChI is InChI=1S/C13H14O6/c1-3-16-11(14)13(12(15)17-4-2)18-9-7-5-6-8-10(9)19-13/h5-8H,3-4H2,1-2H3. The van der Waals surface area contributed by atoms with Gasteiger partial charge in [0.1, 0.15) is 0 Å². The summed E-state index contributed by atoms with van der Waals surface area (Å²) in [5, 5.41) is 0. The predicted octanol–water partition coefficient (Wildman–Crippen LogP) is 1.28. The largest absolute Gasteiger partial charge is 0.460 e. The molecular formula is C13H14O6. The van der Waals surface area contributed by atoms with Gasteiger partial charge in [0.2, 0.25) is 0 Å². The molecule has 102 valence electrons. The summed E-state index contributed by atoms with van der Waals surface area (Å²) in [7, 11) is 0. The third-order valence-corrected chi connectivity index (χ3v) is 2.44. The fraction of sp³-hybridized carbons (Fsp3) is 0.385. The Balaban J connectivity index is 2.34. The molecule has 0 radical (unpaired) electrons. The fourth-order valence-corrected chi connectivity index (χ4v) is 1.65. The molecule has 1 heterocycles. The molecule has 0 spiro atoms. The lowest BCUT2D eigenvalue weighted by Crippen LogP contribution is -2.55. The zero-order chi connectivity index (χ0) is 13.9. The highest BCUT2D eigenvalue weighted by Crippen LogP contribution is 2.40. The van der Waals surface area contributed by atoms with Crippen LogP contribution in [0.2, 0.25) is 0 Å². The van der Waals surface area contributed by atoms with E-state index in [-0.39, 0.29) is 13.2 Å². The van der Waals surface area contributed by atoms with Crippen LogP contribution in [0.4, 0.5) is 0 Å². The molecular weight excluding hydrogens is 252 g/mol. The van der Waals surface area contributed by atoms with Gasteiger partial charge in [0.15, 0.2) is 11.5 Å². The van der Waals surface area contributed by atoms with Crippen molar-refractivity contribution in [1.82, 2.24) is 0 Å². The van der Waals surface area contributed by atoms with Crippen molar-refractivity contribution in [3.8, 4) is 11.5 Å². The summed E-state index contributed by atoms with van der Waals surface area (Å²) in [5.41, 5.74) is 0. The summed E-state index contributed by atoms with van der Waals surface area (Å²) in [6.07, 6.45) is 0. The van der Waals surface area contributed by atoms with Crippen LogP contribution in [0.5, 0.6) is 11.5 Å². The van der Waals surface area contributed by atoms with Crippen molar-refractivity contribution >= 4 is 11.9 Å². The molecule has 6 heteroatoms. The van der Waals surface area contributed by atoms with E-state index in [4.69, 9.17) is 18.9 Å². The summed E-state index contributed by atoms with van der Waals surface area (Å²) in [6.45, 7) is 3.45. The molecule has 0 unspecified atom stereocenters. The Hall–Kier alpha value is -2.24. The van der Waals surface area contributed by atoms with E-state index < -0.39 is 17.7 Å². The number of fused-ring (bicyclic) bond motifs is 1. The molecule has 0 aromatic heterocycles. The van der Waals surface area contributed by atoms with E-state index in [9.17, 15) is 9.59 Å². The number of benzene rings is 1. The van der Waals surface area contributed by atoms with Gasteiger partial charge >= 0.3 is 17.7 Å².